The predicted molar refractivity (Wildman–Crippen MR) is 88.3 cm³/mol. The summed E-state index contributed by atoms with van der Waals surface area (Å²) in [5.41, 5.74) is 1.10. The maximum Gasteiger partial charge on any atom is 0.231 e. The van der Waals surface area contributed by atoms with Gasteiger partial charge in [0.25, 0.3) is 0 Å². The van der Waals surface area contributed by atoms with Gasteiger partial charge < -0.3 is 24.1 Å². The summed E-state index contributed by atoms with van der Waals surface area (Å²) >= 11 is 0. The van der Waals surface area contributed by atoms with E-state index in [4.69, 9.17) is 14.2 Å². The topological polar surface area (TPSA) is 60.8 Å². The van der Waals surface area contributed by atoms with Crippen molar-refractivity contribution in [2.24, 2.45) is 7.05 Å². The minimum absolute atomic E-state index is 0.230. The highest BCUT2D eigenvalue weighted by molar-refractivity contribution is 5.51. The summed E-state index contributed by atoms with van der Waals surface area (Å²) < 4.78 is 18.6. The number of fused-ring (bicyclic) bond motifs is 1. The molecule has 128 valence electrons. The van der Waals surface area contributed by atoms with E-state index in [9.17, 15) is 0 Å². The van der Waals surface area contributed by atoms with Crippen molar-refractivity contribution in [1.82, 2.24) is 19.8 Å². The normalized spacial score (nSPS) is 20.3. The van der Waals surface area contributed by atoms with Crippen molar-refractivity contribution >= 4 is 0 Å². The molecule has 1 fully saturated rings. The molecule has 0 radical (unpaired) electrons. The molecule has 1 atom stereocenters. The average molecular weight is 330 g/mol. The summed E-state index contributed by atoms with van der Waals surface area (Å²) in [7, 11) is 3.73. The largest absolute Gasteiger partial charge is 0.496 e. The van der Waals surface area contributed by atoms with Crippen LogP contribution in [0.15, 0.2) is 24.5 Å². The molecule has 1 N–H and O–H groups in total. The van der Waals surface area contributed by atoms with Gasteiger partial charge in [-0.3, -0.25) is 4.90 Å². The third-order valence-corrected chi connectivity index (χ3v) is 4.66. The Kier molecular flexibility index (Phi) is 4.03. The van der Waals surface area contributed by atoms with Crippen molar-refractivity contribution in [3.8, 4) is 17.2 Å². The molecule has 0 bridgehead atoms. The van der Waals surface area contributed by atoms with Gasteiger partial charge in [-0.2, -0.15) is 0 Å². The second-order valence-electron chi connectivity index (χ2n) is 6.10. The molecule has 7 nitrogen and oxygen atoms in total. The molecule has 2 aliphatic heterocycles. The first-order valence-electron chi connectivity index (χ1n) is 8.15. The van der Waals surface area contributed by atoms with Gasteiger partial charge in [-0.1, -0.05) is 0 Å². The van der Waals surface area contributed by atoms with Crippen molar-refractivity contribution in [1.29, 1.82) is 0 Å². The van der Waals surface area contributed by atoms with E-state index in [0.29, 0.717) is 0 Å². The van der Waals surface area contributed by atoms with Crippen molar-refractivity contribution < 1.29 is 14.2 Å². The first kappa shape index (κ1) is 15.3. The van der Waals surface area contributed by atoms with E-state index in [2.05, 4.69) is 19.8 Å². The Balaban J connectivity index is 1.62. The van der Waals surface area contributed by atoms with Gasteiger partial charge in [0.1, 0.15) is 11.6 Å². The molecule has 3 heterocycles. The monoisotopic (exact) mass is 330 g/mol. The average Bonchev–Trinajstić information content (AvgIpc) is 3.23. The number of piperazine rings is 1. The van der Waals surface area contributed by atoms with Crippen molar-refractivity contribution in [2.45, 2.75) is 12.6 Å². The summed E-state index contributed by atoms with van der Waals surface area (Å²) in [5.74, 6) is 3.43. The lowest BCUT2D eigenvalue weighted by Gasteiger charge is -2.36. The van der Waals surface area contributed by atoms with Crippen LogP contribution in [-0.4, -0.2) is 48.0 Å². The Morgan fingerprint density at radius 2 is 2.17 bits per heavy atom. The van der Waals surface area contributed by atoms with Crippen LogP contribution in [0.2, 0.25) is 0 Å². The molecule has 2 aliphatic rings. The third kappa shape index (κ3) is 2.70. The zero-order chi connectivity index (χ0) is 16.5. The van der Waals surface area contributed by atoms with Crippen LogP contribution < -0.4 is 19.5 Å². The second-order valence-corrected chi connectivity index (χ2v) is 6.10. The minimum Gasteiger partial charge on any atom is -0.496 e. The van der Waals surface area contributed by atoms with Crippen molar-refractivity contribution in [3.05, 3.63) is 35.9 Å². The SMILES string of the molecule is COc1cc2c(cc1CN1CCNCC1c1nccn1C)OCO2. The van der Waals surface area contributed by atoms with Gasteiger partial charge in [0, 0.05) is 57.3 Å². The standard InChI is InChI=1S/C17H22N4O3/c1-20-5-4-19-17(20)13-9-18-3-6-21(13)10-12-7-15-16(24-11-23-15)8-14(12)22-2/h4-5,7-8,13,18H,3,6,9-11H2,1-2H3. The first-order chi connectivity index (χ1) is 11.8. The summed E-state index contributed by atoms with van der Waals surface area (Å²) in [4.78, 5) is 6.97. The van der Waals surface area contributed by atoms with E-state index in [1.807, 2.05) is 31.6 Å². The lowest BCUT2D eigenvalue weighted by molar-refractivity contribution is 0.143. The Morgan fingerprint density at radius 3 is 2.92 bits per heavy atom. The van der Waals surface area contributed by atoms with Crippen LogP contribution in [0, 0.1) is 0 Å². The lowest BCUT2D eigenvalue weighted by Crippen LogP contribution is -2.46. The zero-order valence-corrected chi connectivity index (χ0v) is 14.0. The maximum atomic E-state index is 5.56. The molecule has 0 aliphatic carbocycles. The van der Waals surface area contributed by atoms with E-state index in [1.54, 1.807) is 7.11 Å². The number of nitrogens with one attached hydrogen (secondary N) is 1. The third-order valence-electron chi connectivity index (χ3n) is 4.66. The number of ether oxygens (including phenoxy) is 3. The molecule has 2 aromatic rings. The smallest absolute Gasteiger partial charge is 0.231 e. The quantitative estimate of drug-likeness (QED) is 0.912. The molecular weight excluding hydrogens is 308 g/mol. The minimum atomic E-state index is 0.230. The fourth-order valence-corrected chi connectivity index (χ4v) is 3.39. The van der Waals surface area contributed by atoms with E-state index in [0.717, 1.165) is 54.8 Å². The van der Waals surface area contributed by atoms with Crippen molar-refractivity contribution in [3.63, 3.8) is 0 Å². The van der Waals surface area contributed by atoms with Crippen LogP contribution in [0.5, 0.6) is 17.2 Å². The van der Waals surface area contributed by atoms with Gasteiger partial charge in [-0.25, -0.2) is 4.98 Å². The zero-order valence-electron chi connectivity index (χ0n) is 14.0. The molecule has 1 aromatic heterocycles. The van der Waals surface area contributed by atoms with Crippen LogP contribution in [0.25, 0.3) is 0 Å². The van der Waals surface area contributed by atoms with Gasteiger partial charge in [0.05, 0.1) is 13.2 Å². The van der Waals surface area contributed by atoms with E-state index in [1.165, 1.54) is 0 Å². The summed E-state index contributed by atoms with van der Waals surface area (Å²) in [5, 5.41) is 3.47. The number of hydrogen-bond donors (Lipinski definition) is 1. The Bertz CT molecular complexity index is 731. The number of imidazole rings is 1. The molecule has 1 unspecified atom stereocenters. The van der Waals surface area contributed by atoms with Gasteiger partial charge in [0.15, 0.2) is 11.5 Å². The summed E-state index contributed by atoms with van der Waals surface area (Å²) in [6.07, 6.45) is 3.84. The molecule has 0 spiro atoms. The van der Waals surface area contributed by atoms with E-state index < -0.39 is 0 Å². The molecule has 0 saturated carbocycles. The molecule has 24 heavy (non-hydrogen) atoms. The van der Waals surface area contributed by atoms with Crippen LogP contribution in [-0.2, 0) is 13.6 Å². The Labute approximate surface area is 141 Å². The lowest BCUT2D eigenvalue weighted by atomic mass is 10.1. The highest BCUT2D eigenvalue weighted by Gasteiger charge is 2.28. The fourth-order valence-electron chi connectivity index (χ4n) is 3.39. The van der Waals surface area contributed by atoms with Crippen LogP contribution in [0.3, 0.4) is 0 Å². The van der Waals surface area contributed by atoms with Gasteiger partial charge >= 0.3 is 0 Å². The molecule has 7 heteroatoms. The van der Waals surface area contributed by atoms with Crippen LogP contribution >= 0.6 is 0 Å². The van der Waals surface area contributed by atoms with Crippen molar-refractivity contribution in [2.75, 3.05) is 33.5 Å². The molecule has 4 rings (SSSR count). The van der Waals surface area contributed by atoms with Crippen LogP contribution in [0.4, 0.5) is 0 Å². The Morgan fingerprint density at radius 1 is 1.33 bits per heavy atom. The number of hydrogen-bond acceptors (Lipinski definition) is 6. The second kappa shape index (κ2) is 6.33. The number of aryl methyl sites for hydroxylation is 1. The number of benzene rings is 1. The highest BCUT2D eigenvalue weighted by Crippen LogP contribution is 2.39. The fraction of sp³-hybridized carbons (Fsp3) is 0.471. The van der Waals surface area contributed by atoms with Gasteiger partial charge in [-0.05, 0) is 6.07 Å². The first-order valence-corrected chi connectivity index (χ1v) is 8.15. The maximum absolute atomic E-state index is 5.56. The highest BCUT2D eigenvalue weighted by atomic mass is 16.7. The Hall–Kier alpha value is -2.25. The molecule has 0 amide bonds. The predicted octanol–water partition coefficient (Wildman–Crippen LogP) is 1.30. The van der Waals surface area contributed by atoms with Gasteiger partial charge in [-0.15, -0.1) is 0 Å². The number of nitrogens with zero attached hydrogens (tertiary/aromatic N) is 3. The molecule has 1 saturated heterocycles. The number of rotatable bonds is 4. The number of aromatic nitrogens is 2. The van der Waals surface area contributed by atoms with Gasteiger partial charge in [0.2, 0.25) is 6.79 Å². The molecule has 1 aromatic carbocycles. The number of methoxy groups -OCH3 is 1. The van der Waals surface area contributed by atoms with E-state index in [-0.39, 0.29) is 12.8 Å². The van der Waals surface area contributed by atoms with Crippen LogP contribution in [0.1, 0.15) is 17.4 Å². The summed E-state index contributed by atoms with van der Waals surface area (Å²) in [6.45, 7) is 3.85. The van der Waals surface area contributed by atoms with E-state index >= 15 is 0 Å². The summed E-state index contributed by atoms with van der Waals surface area (Å²) in [6, 6.07) is 4.17. The molecular formula is C17H22N4O3.